The van der Waals surface area contributed by atoms with Gasteiger partial charge in [0.1, 0.15) is 6.26 Å². The van der Waals surface area contributed by atoms with Crippen molar-refractivity contribution >= 4 is 44.7 Å². The second-order valence-corrected chi connectivity index (χ2v) is 10.2. The van der Waals surface area contributed by atoms with E-state index in [9.17, 15) is 18.4 Å². The molecule has 2 unspecified atom stereocenters. The van der Waals surface area contributed by atoms with Gasteiger partial charge in [-0.25, -0.2) is 5.48 Å². The Hall–Kier alpha value is -1.59. The van der Waals surface area contributed by atoms with Crippen molar-refractivity contribution in [2.24, 2.45) is 0 Å². The molecule has 0 radical (unpaired) electrons. The van der Waals surface area contributed by atoms with Gasteiger partial charge in [-0.1, -0.05) is 10.3 Å². The van der Waals surface area contributed by atoms with Crippen molar-refractivity contribution in [1.29, 1.82) is 0 Å². The summed E-state index contributed by atoms with van der Waals surface area (Å²) in [4.78, 5) is 26.5. The highest BCUT2D eigenvalue weighted by Crippen LogP contribution is 2.31. The first-order valence-corrected chi connectivity index (χ1v) is 10.9. The van der Waals surface area contributed by atoms with E-state index in [0.717, 1.165) is 16.0 Å². The molecule has 0 aromatic carbocycles. The molecule has 10 heteroatoms. The number of hydrogen-bond donors (Lipinski definition) is 4. The average Bonchev–Trinajstić information content (AvgIpc) is 3.23. The monoisotopic (exact) mass is 403 g/mol. The molecule has 4 N–H and O–H groups in total. The third kappa shape index (κ3) is 4.33. The normalized spacial score (nSPS) is 15.8. The van der Waals surface area contributed by atoms with Crippen LogP contribution in [-0.2, 0) is 19.2 Å². The summed E-state index contributed by atoms with van der Waals surface area (Å²) >= 11 is 2.93. The van der Waals surface area contributed by atoms with Gasteiger partial charge < -0.3 is 5.32 Å². The van der Waals surface area contributed by atoms with E-state index in [4.69, 9.17) is 5.21 Å². The van der Waals surface area contributed by atoms with Crippen molar-refractivity contribution < 1.29 is 23.6 Å². The first-order chi connectivity index (χ1) is 11.7. The number of carbonyl (C=O) groups is 2. The van der Waals surface area contributed by atoms with E-state index in [0.29, 0.717) is 4.88 Å². The molecule has 0 aliphatic rings. The molecule has 0 aliphatic carbocycles. The van der Waals surface area contributed by atoms with Crippen molar-refractivity contribution in [1.82, 2.24) is 10.8 Å². The van der Waals surface area contributed by atoms with Crippen LogP contribution < -0.4 is 10.8 Å². The molecule has 2 aromatic heterocycles. The molecule has 2 heterocycles. The third-order valence-electron chi connectivity index (χ3n) is 3.90. The van der Waals surface area contributed by atoms with Crippen LogP contribution in [0.3, 0.4) is 0 Å². The Kier molecular flexibility index (Phi) is 6.12. The molecule has 0 saturated carbocycles. The Morgan fingerprint density at radius 3 is 2.56 bits per heavy atom. The molecule has 7 nitrogen and oxygen atoms in total. The van der Waals surface area contributed by atoms with Gasteiger partial charge in [-0.3, -0.25) is 14.8 Å². The quantitative estimate of drug-likeness (QED) is 0.322. The largest absolute Gasteiger partial charge is 0.351 e. The zero-order valence-electron chi connectivity index (χ0n) is 13.6. The second-order valence-electron chi connectivity index (χ2n) is 5.62. The maximum Gasteiger partial charge on any atom is 0.302 e. The molecule has 2 aromatic rings. The third-order valence-corrected chi connectivity index (χ3v) is 8.11. The minimum absolute atomic E-state index is 0.0143. The number of rotatable bonds is 7. The molecule has 0 spiro atoms. The summed E-state index contributed by atoms with van der Waals surface area (Å²) in [6.07, 6.45) is 0.927. The number of thiophene rings is 2. The molecule has 0 fully saturated rings. The molecule has 2 atom stereocenters. The summed E-state index contributed by atoms with van der Waals surface area (Å²) in [5, 5.41) is 13.4. The highest BCUT2D eigenvalue weighted by molar-refractivity contribution is 7.99. The van der Waals surface area contributed by atoms with Crippen molar-refractivity contribution in [3.8, 4) is 9.75 Å². The Balaban J connectivity index is 2.00. The van der Waals surface area contributed by atoms with E-state index in [1.807, 2.05) is 23.6 Å². The highest BCUT2D eigenvalue weighted by atomic mass is 32.3. The summed E-state index contributed by atoms with van der Waals surface area (Å²) < 4.78 is 20.0. The van der Waals surface area contributed by atoms with Crippen molar-refractivity contribution in [3.63, 3.8) is 0 Å². The van der Waals surface area contributed by atoms with Gasteiger partial charge in [-0.15, -0.1) is 22.7 Å². The number of hydrogen-bond acceptors (Lipinski definition) is 6. The van der Waals surface area contributed by atoms with Gasteiger partial charge in [-0.05, 0) is 30.5 Å². The van der Waals surface area contributed by atoms with Crippen LogP contribution >= 0.6 is 22.7 Å². The molecule has 136 valence electrons. The number of hydroxylamine groups is 1. The van der Waals surface area contributed by atoms with Crippen LogP contribution in [0.15, 0.2) is 29.6 Å². The molecule has 0 saturated heterocycles. The van der Waals surface area contributed by atoms with E-state index in [2.05, 4.69) is 5.32 Å². The lowest BCUT2D eigenvalue weighted by Crippen LogP contribution is -2.53. The van der Waals surface area contributed by atoms with Crippen LogP contribution in [0.2, 0.25) is 0 Å². The van der Waals surface area contributed by atoms with Crippen LogP contribution in [0.25, 0.3) is 9.75 Å². The SMILES string of the molecule is CC(CCNC(=O)c1ccc(-c2cccs2)s1)(C(=O)NO)[S+](C)(=O)O. The van der Waals surface area contributed by atoms with Gasteiger partial charge in [-0.2, -0.15) is 4.55 Å². The predicted molar refractivity (Wildman–Crippen MR) is 99.5 cm³/mol. The fourth-order valence-corrected chi connectivity index (χ4v) is 4.73. The maximum atomic E-state index is 12.2. The number of nitrogens with one attached hydrogen (secondary N) is 2. The summed E-state index contributed by atoms with van der Waals surface area (Å²) in [5.41, 5.74) is 1.41. The van der Waals surface area contributed by atoms with Crippen molar-refractivity contribution in [2.45, 2.75) is 18.1 Å². The minimum Gasteiger partial charge on any atom is -0.351 e. The molecular weight excluding hydrogens is 384 g/mol. The Labute approximate surface area is 154 Å². The van der Waals surface area contributed by atoms with Crippen LogP contribution in [-0.4, -0.2) is 39.1 Å². The lowest BCUT2D eigenvalue weighted by Gasteiger charge is -2.23. The fraction of sp³-hybridized carbons (Fsp3) is 0.333. The van der Waals surface area contributed by atoms with Gasteiger partial charge in [0.2, 0.25) is 15.0 Å². The number of carbonyl (C=O) groups excluding carboxylic acids is 2. The van der Waals surface area contributed by atoms with Crippen LogP contribution in [0.4, 0.5) is 0 Å². The van der Waals surface area contributed by atoms with E-state index < -0.39 is 20.9 Å². The lowest BCUT2D eigenvalue weighted by molar-refractivity contribution is -0.131. The van der Waals surface area contributed by atoms with Crippen LogP contribution in [0.1, 0.15) is 23.0 Å². The molecule has 0 bridgehead atoms. The standard InChI is InChI=1S/C15H18N2O5S3/c1-15(14(19)17-20,25(2,21)22)7-8-16-13(18)12-6-5-11(24-12)10-4-3-9-23-10/h3-6,9H,7-8H2,1-2H3,(H3-,16,17,18,19,20,21,22)/p+1. The smallest absolute Gasteiger partial charge is 0.302 e. The minimum atomic E-state index is -3.53. The average molecular weight is 404 g/mol. The van der Waals surface area contributed by atoms with Crippen LogP contribution in [0, 0.1) is 0 Å². The summed E-state index contributed by atoms with van der Waals surface area (Å²) in [7, 11) is -3.53. The van der Waals surface area contributed by atoms with E-state index in [1.54, 1.807) is 17.4 Å². The second kappa shape index (κ2) is 7.75. The number of amides is 2. The summed E-state index contributed by atoms with van der Waals surface area (Å²) in [6, 6.07) is 7.48. The van der Waals surface area contributed by atoms with E-state index in [1.165, 1.54) is 23.7 Å². The van der Waals surface area contributed by atoms with E-state index >= 15 is 0 Å². The van der Waals surface area contributed by atoms with Gasteiger partial charge in [0.15, 0.2) is 0 Å². The highest BCUT2D eigenvalue weighted by Gasteiger charge is 2.52. The molecule has 0 aliphatic heterocycles. The zero-order chi connectivity index (χ0) is 18.7. The summed E-state index contributed by atoms with van der Waals surface area (Å²) in [6.45, 7) is 1.29. The van der Waals surface area contributed by atoms with Crippen LogP contribution in [0.5, 0.6) is 0 Å². The maximum absolute atomic E-state index is 12.2. The first kappa shape index (κ1) is 19.7. The Bertz CT molecular complexity index is 796. The molecule has 25 heavy (non-hydrogen) atoms. The Morgan fingerprint density at radius 2 is 2.00 bits per heavy atom. The molecular formula is C15H19N2O5S3+. The van der Waals surface area contributed by atoms with Gasteiger partial charge in [0.25, 0.3) is 5.91 Å². The molecule has 2 amide bonds. The predicted octanol–water partition coefficient (Wildman–Crippen LogP) is 2.46. The fourth-order valence-electron chi connectivity index (χ4n) is 2.11. The Morgan fingerprint density at radius 1 is 1.28 bits per heavy atom. The topological polar surface area (TPSA) is 116 Å². The lowest BCUT2D eigenvalue weighted by atomic mass is 10.1. The zero-order valence-corrected chi connectivity index (χ0v) is 16.1. The van der Waals surface area contributed by atoms with Gasteiger partial charge in [0, 0.05) is 22.7 Å². The van der Waals surface area contributed by atoms with Crippen molar-refractivity contribution in [3.05, 3.63) is 34.5 Å². The first-order valence-electron chi connectivity index (χ1n) is 7.26. The van der Waals surface area contributed by atoms with Gasteiger partial charge >= 0.3 is 5.91 Å². The van der Waals surface area contributed by atoms with Gasteiger partial charge in [0.05, 0.1) is 4.88 Å². The summed E-state index contributed by atoms with van der Waals surface area (Å²) in [5.74, 6) is -1.28. The van der Waals surface area contributed by atoms with Crippen molar-refractivity contribution in [2.75, 3.05) is 12.8 Å². The van der Waals surface area contributed by atoms with E-state index in [-0.39, 0.29) is 18.9 Å². The molecule has 2 rings (SSSR count).